The fraction of sp³-hybridized carbons (Fsp3) is 0.333. The third kappa shape index (κ3) is 3.61. The molecular weight excluding hydrogens is 308 g/mol. The van der Waals surface area contributed by atoms with Crippen LogP contribution in [0.4, 0.5) is 0 Å². The Balaban J connectivity index is 1.65. The van der Waals surface area contributed by atoms with Gasteiger partial charge in [0.1, 0.15) is 10.7 Å². The van der Waals surface area contributed by atoms with Crippen molar-refractivity contribution in [1.82, 2.24) is 10.3 Å². The summed E-state index contributed by atoms with van der Waals surface area (Å²) < 4.78 is 5.29. The fourth-order valence-corrected chi connectivity index (χ4v) is 3.19. The number of aromatic nitrogens is 1. The number of ether oxygens (including phenoxy) is 1. The second kappa shape index (κ2) is 6.56. The van der Waals surface area contributed by atoms with Crippen molar-refractivity contribution in [2.24, 2.45) is 5.92 Å². The van der Waals surface area contributed by atoms with Crippen LogP contribution in [0.15, 0.2) is 29.6 Å². The molecule has 0 saturated carbocycles. The second-order valence-corrected chi connectivity index (χ2v) is 6.28. The van der Waals surface area contributed by atoms with E-state index in [0.717, 1.165) is 30.2 Å². The van der Waals surface area contributed by atoms with Gasteiger partial charge < -0.3 is 10.1 Å². The number of nitrogens with zero attached hydrogens (tertiary/aromatic N) is 1. The van der Waals surface area contributed by atoms with Gasteiger partial charge in [0, 0.05) is 35.0 Å². The topological polar surface area (TPSA) is 51.2 Å². The number of thiazole rings is 1. The van der Waals surface area contributed by atoms with Crippen LogP contribution in [0.1, 0.15) is 16.9 Å². The number of rotatable bonds is 4. The first-order chi connectivity index (χ1) is 10.2. The first-order valence-electron chi connectivity index (χ1n) is 6.80. The minimum atomic E-state index is -0.133. The van der Waals surface area contributed by atoms with E-state index in [1.54, 1.807) is 5.38 Å². The van der Waals surface area contributed by atoms with Crippen LogP contribution in [0.2, 0.25) is 5.02 Å². The molecule has 1 aliphatic heterocycles. The highest BCUT2D eigenvalue weighted by molar-refractivity contribution is 7.13. The number of amides is 1. The molecule has 6 heteroatoms. The molecule has 1 N–H and O–H groups in total. The van der Waals surface area contributed by atoms with Gasteiger partial charge in [-0.2, -0.15) is 0 Å². The minimum absolute atomic E-state index is 0.133. The van der Waals surface area contributed by atoms with Gasteiger partial charge in [0.05, 0.1) is 6.61 Å². The van der Waals surface area contributed by atoms with E-state index >= 15 is 0 Å². The van der Waals surface area contributed by atoms with Crippen LogP contribution in [-0.2, 0) is 4.74 Å². The molecule has 1 fully saturated rings. The highest BCUT2D eigenvalue weighted by atomic mass is 35.5. The van der Waals surface area contributed by atoms with Gasteiger partial charge in [-0.25, -0.2) is 4.98 Å². The Morgan fingerprint density at radius 3 is 3.19 bits per heavy atom. The van der Waals surface area contributed by atoms with E-state index in [-0.39, 0.29) is 5.91 Å². The normalized spacial score (nSPS) is 17.9. The Morgan fingerprint density at radius 2 is 2.43 bits per heavy atom. The molecule has 1 amide bonds. The lowest BCUT2D eigenvalue weighted by atomic mass is 10.1. The maximum Gasteiger partial charge on any atom is 0.270 e. The molecule has 1 atom stereocenters. The zero-order valence-electron chi connectivity index (χ0n) is 11.3. The predicted octanol–water partition coefficient (Wildman–Crippen LogP) is 3.23. The van der Waals surface area contributed by atoms with Crippen molar-refractivity contribution >= 4 is 28.8 Å². The number of hydrogen-bond donors (Lipinski definition) is 1. The summed E-state index contributed by atoms with van der Waals surface area (Å²) in [6.45, 7) is 2.16. The number of hydrogen-bond acceptors (Lipinski definition) is 4. The van der Waals surface area contributed by atoms with Crippen molar-refractivity contribution in [3.8, 4) is 10.6 Å². The van der Waals surface area contributed by atoms with E-state index in [1.807, 2.05) is 24.3 Å². The van der Waals surface area contributed by atoms with Gasteiger partial charge in [-0.3, -0.25) is 4.79 Å². The molecule has 0 radical (unpaired) electrons. The molecule has 110 valence electrons. The number of benzene rings is 1. The van der Waals surface area contributed by atoms with Crippen molar-refractivity contribution in [3.05, 3.63) is 40.4 Å². The van der Waals surface area contributed by atoms with E-state index in [2.05, 4.69) is 10.3 Å². The van der Waals surface area contributed by atoms with Gasteiger partial charge in [0.2, 0.25) is 0 Å². The van der Waals surface area contributed by atoms with E-state index < -0.39 is 0 Å². The van der Waals surface area contributed by atoms with Crippen molar-refractivity contribution in [3.63, 3.8) is 0 Å². The van der Waals surface area contributed by atoms with Crippen LogP contribution in [0.5, 0.6) is 0 Å². The van der Waals surface area contributed by atoms with Crippen LogP contribution in [0.3, 0.4) is 0 Å². The van der Waals surface area contributed by atoms with Crippen molar-refractivity contribution in [2.75, 3.05) is 19.8 Å². The summed E-state index contributed by atoms with van der Waals surface area (Å²) in [5, 5.41) is 6.15. The molecule has 1 aromatic carbocycles. The second-order valence-electron chi connectivity index (χ2n) is 4.99. The molecule has 2 heterocycles. The summed E-state index contributed by atoms with van der Waals surface area (Å²) in [6, 6.07) is 7.47. The Morgan fingerprint density at radius 1 is 1.52 bits per heavy atom. The summed E-state index contributed by atoms with van der Waals surface area (Å²) >= 11 is 7.41. The van der Waals surface area contributed by atoms with E-state index in [9.17, 15) is 4.79 Å². The van der Waals surface area contributed by atoms with Crippen LogP contribution in [0, 0.1) is 5.92 Å². The predicted molar refractivity (Wildman–Crippen MR) is 83.8 cm³/mol. The van der Waals surface area contributed by atoms with Gasteiger partial charge in [-0.15, -0.1) is 11.3 Å². The maximum absolute atomic E-state index is 12.1. The number of nitrogens with one attached hydrogen (secondary N) is 1. The minimum Gasteiger partial charge on any atom is -0.381 e. The lowest BCUT2D eigenvalue weighted by molar-refractivity contribution is 0.0941. The molecule has 21 heavy (non-hydrogen) atoms. The molecule has 0 bridgehead atoms. The third-order valence-corrected chi connectivity index (χ3v) is 4.51. The Hall–Kier alpha value is -1.43. The van der Waals surface area contributed by atoms with Gasteiger partial charge >= 0.3 is 0 Å². The monoisotopic (exact) mass is 322 g/mol. The molecule has 0 spiro atoms. The molecule has 4 nitrogen and oxygen atoms in total. The average Bonchev–Trinajstić information content (AvgIpc) is 3.16. The Bertz CT molecular complexity index is 638. The van der Waals surface area contributed by atoms with Crippen molar-refractivity contribution in [2.45, 2.75) is 6.42 Å². The summed E-state index contributed by atoms with van der Waals surface area (Å²) in [4.78, 5) is 16.5. The van der Waals surface area contributed by atoms with Crippen LogP contribution >= 0.6 is 22.9 Å². The van der Waals surface area contributed by atoms with E-state index in [4.69, 9.17) is 16.3 Å². The van der Waals surface area contributed by atoms with E-state index in [0.29, 0.717) is 23.2 Å². The van der Waals surface area contributed by atoms with Crippen molar-refractivity contribution < 1.29 is 9.53 Å². The summed E-state index contributed by atoms with van der Waals surface area (Å²) in [6.07, 6.45) is 1.01. The molecule has 1 aliphatic rings. The molecule has 1 saturated heterocycles. The summed E-state index contributed by atoms with van der Waals surface area (Å²) in [5.74, 6) is 0.284. The quantitative estimate of drug-likeness (QED) is 0.940. The smallest absolute Gasteiger partial charge is 0.270 e. The first kappa shape index (κ1) is 14.5. The SMILES string of the molecule is O=C(NC[C@H]1CCOC1)c1csc(-c2cccc(Cl)c2)n1. The highest BCUT2D eigenvalue weighted by Crippen LogP contribution is 2.26. The zero-order chi connectivity index (χ0) is 14.7. The molecule has 2 aromatic rings. The molecule has 1 aromatic heterocycles. The molecule has 0 aliphatic carbocycles. The summed E-state index contributed by atoms with van der Waals surface area (Å²) in [7, 11) is 0. The largest absolute Gasteiger partial charge is 0.381 e. The number of carbonyl (C=O) groups excluding carboxylic acids is 1. The van der Waals surface area contributed by atoms with Crippen molar-refractivity contribution in [1.29, 1.82) is 0 Å². The van der Waals surface area contributed by atoms with Crippen LogP contribution < -0.4 is 5.32 Å². The van der Waals surface area contributed by atoms with Crippen LogP contribution in [-0.4, -0.2) is 30.6 Å². The van der Waals surface area contributed by atoms with Crippen LogP contribution in [0.25, 0.3) is 10.6 Å². The standard InChI is InChI=1S/C15H15ClN2O2S/c16-12-3-1-2-11(6-12)15-18-13(9-21-15)14(19)17-7-10-4-5-20-8-10/h1-3,6,9-10H,4-5,7-8H2,(H,17,19)/t10-/m1/s1. The highest BCUT2D eigenvalue weighted by Gasteiger charge is 2.18. The average molecular weight is 323 g/mol. The lowest BCUT2D eigenvalue weighted by Crippen LogP contribution is -2.29. The first-order valence-corrected chi connectivity index (χ1v) is 8.05. The number of halogens is 1. The van der Waals surface area contributed by atoms with Gasteiger partial charge in [0.25, 0.3) is 5.91 Å². The number of carbonyl (C=O) groups is 1. The summed E-state index contributed by atoms with van der Waals surface area (Å²) in [5.41, 5.74) is 1.38. The van der Waals surface area contributed by atoms with Gasteiger partial charge in [-0.1, -0.05) is 23.7 Å². The fourth-order valence-electron chi connectivity index (χ4n) is 2.20. The third-order valence-electron chi connectivity index (χ3n) is 3.38. The van der Waals surface area contributed by atoms with E-state index in [1.165, 1.54) is 11.3 Å². The maximum atomic E-state index is 12.1. The lowest BCUT2D eigenvalue weighted by Gasteiger charge is -2.07. The Kier molecular flexibility index (Phi) is 4.53. The van der Waals surface area contributed by atoms with Gasteiger partial charge in [-0.05, 0) is 18.6 Å². The Labute approximate surface area is 132 Å². The zero-order valence-corrected chi connectivity index (χ0v) is 12.9. The molecule has 3 rings (SSSR count). The molecule has 0 unspecified atom stereocenters. The molecular formula is C15H15ClN2O2S. The van der Waals surface area contributed by atoms with Gasteiger partial charge in [0.15, 0.2) is 0 Å².